The molecule has 0 aliphatic heterocycles. The molecule has 0 aromatic heterocycles. The number of unbranched alkanes of at least 4 members (excludes halogenated alkanes) is 1. The summed E-state index contributed by atoms with van der Waals surface area (Å²) in [6.45, 7) is 12.5. The number of ether oxygens (including phenoxy) is 2. The highest BCUT2D eigenvalue weighted by Crippen LogP contribution is 2.18. The van der Waals surface area contributed by atoms with Crippen molar-refractivity contribution < 1.29 is 29.0 Å². The molecule has 0 radical (unpaired) electrons. The number of amides is 2. The maximum absolute atomic E-state index is 13.1. The molecule has 0 saturated carbocycles. The van der Waals surface area contributed by atoms with Gasteiger partial charge in [0.2, 0.25) is 5.91 Å². The number of nitrogens with one attached hydrogen (secondary N) is 1. The van der Waals surface area contributed by atoms with Crippen molar-refractivity contribution in [3.05, 3.63) is 29.8 Å². The molecular weight excluding hydrogens is 412 g/mol. The number of esters is 1. The highest BCUT2D eigenvalue weighted by molar-refractivity contribution is 5.88. The van der Waals surface area contributed by atoms with Gasteiger partial charge in [-0.05, 0) is 65.7 Å². The molecule has 0 unspecified atom stereocenters. The van der Waals surface area contributed by atoms with Crippen LogP contribution in [0.25, 0.3) is 0 Å². The first-order valence-electron chi connectivity index (χ1n) is 11.0. The highest BCUT2D eigenvalue weighted by Gasteiger charge is 2.33. The van der Waals surface area contributed by atoms with Crippen LogP contribution in [-0.2, 0) is 25.5 Å². The minimum Gasteiger partial charge on any atom is -0.508 e. The third kappa shape index (κ3) is 10.5. The Labute approximate surface area is 191 Å². The molecule has 2 amide bonds. The fourth-order valence-corrected chi connectivity index (χ4v) is 2.88. The summed E-state index contributed by atoms with van der Waals surface area (Å²) in [5.41, 5.74) is -0.639. The molecule has 0 fully saturated rings. The van der Waals surface area contributed by atoms with Crippen molar-refractivity contribution in [2.75, 3.05) is 13.1 Å². The van der Waals surface area contributed by atoms with Crippen molar-refractivity contribution in [1.82, 2.24) is 10.2 Å². The average Bonchev–Trinajstić information content (AvgIpc) is 2.64. The summed E-state index contributed by atoms with van der Waals surface area (Å²) in [7, 11) is 0. The standard InChI is InChI=1S/C24H38N2O6/c1-8-9-14-26(22(30)32-24(5,6)7)19(15-17-10-12-18(27)13-11-17)21(29)25-16-20(28)31-23(2,3)4/h10-13,19,27H,8-9,14-16H2,1-7H3,(H,25,29)/t19-/m0/s1. The van der Waals surface area contributed by atoms with Gasteiger partial charge >= 0.3 is 12.1 Å². The Hall–Kier alpha value is -2.77. The Balaban J connectivity index is 3.13. The minimum atomic E-state index is -0.900. The third-order valence-electron chi connectivity index (χ3n) is 4.25. The van der Waals surface area contributed by atoms with Gasteiger partial charge < -0.3 is 19.9 Å². The molecule has 0 bridgehead atoms. The third-order valence-corrected chi connectivity index (χ3v) is 4.25. The van der Waals surface area contributed by atoms with Gasteiger partial charge in [0.15, 0.2) is 0 Å². The largest absolute Gasteiger partial charge is 0.508 e. The number of benzene rings is 1. The second-order valence-electron chi connectivity index (χ2n) is 9.72. The first kappa shape index (κ1) is 27.3. The van der Waals surface area contributed by atoms with E-state index in [1.807, 2.05) is 6.92 Å². The van der Waals surface area contributed by atoms with Crippen LogP contribution >= 0.6 is 0 Å². The van der Waals surface area contributed by atoms with E-state index in [-0.39, 0.29) is 18.7 Å². The summed E-state index contributed by atoms with van der Waals surface area (Å²) in [5, 5.41) is 12.2. The van der Waals surface area contributed by atoms with E-state index in [9.17, 15) is 19.5 Å². The number of rotatable bonds is 9. The van der Waals surface area contributed by atoms with Crippen molar-refractivity contribution in [3.8, 4) is 5.75 Å². The number of hydrogen-bond acceptors (Lipinski definition) is 6. The first-order chi connectivity index (χ1) is 14.7. The SMILES string of the molecule is CCCCN(C(=O)OC(C)(C)C)[C@@H](Cc1ccc(O)cc1)C(=O)NCC(=O)OC(C)(C)C. The lowest BCUT2D eigenvalue weighted by molar-refractivity contribution is -0.154. The molecular formula is C24H38N2O6. The number of phenols is 1. The number of aromatic hydroxyl groups is 1. The predicted octanol–water partition coefficient (Wildman–Crippen LogP) is 3.80. The normalized spacial score (nSPS) is 12.6. The molecule has 8 heteroatoms. The zero-order valence-corrected chi connectivity index (χ0v) is 20.4. The van der Waals surface area contributed by atoms with Gasteiger partial charge in [0.1, 0.15) is 29.5 Å². The van der Waals surface area contributed by atoms with E-state index in [1.165, 1.54) is 17.0 Å². The number of phenolic OH excluding ortho intramolecular Hbond substituents is 1. The van der Waals surface area contributed by atoms with Gasteiger partial charge in [-0.25, -0.2) is 4.79 Å². The van der Waals surface area contributed by atoms with E-state index < -0.39 is 35.2 Å². The van der Waals surface area contributed by atoms with Gasteiger partial charge in [-0.3, -0.25) is 14.5 Å². The molecule has 0 spiro atoms. The zero-order chi connectivity index (χ0) is 24.5. The van der Waals surface area contributed by atoms with Crippen molar-refractivity contribution in [3.63, 3.8) is 0 Å². The van der Waals surface area contributed by atoms with Crippen LogP contribution in [0.5, 0.6) is 5.75 Å². The van der Waals surface area contributed by atoms with E-state index in [0.29, 0.717) is 13.0 Å². The van der Waals surface area contributed by atoms with Crippen LogP contribution in [0.3, 0.4) is 0 Å². The number of carbonyl (C=O) groups is 3. The smallest absolute Gasteiger partial charge is 0.410 e. The number of nitrogens with zero attached hydrogens (tertiary/aromatic N) is 1. The van der Waals surface area contributed by atoms with E-state index in [1.54, 1.807) is 53.7 Å². The lowest BCUT2D eigenvalue weighted by Gasteiger charge is -2.33. The summed E-state index contributed by atoms with van der Waals surface area (Å²) < 4.78 is 10.8. The Morgan fingerprint density at radius 3 is 2.06 bits per heavy atom. The molecule has 32 heavy (non-hydrogen) atoms. The maximum Gasteiger partial charge on any atom is 0.410 e. The van der Waals surface area contributed by atoms with Gasteiger partial charge in [-0.2, -0.15) is 0 Å². The van der Waals surface area contributed by atoms with Crippen LogP contribution in [0.4, 0.5) is 4.79 Å². The fourth-order valence-electron chi connectivity index (χ4n) is 2.88. The van der Waals surface area contributed by atoms with Crippen molar-refractivity contribution >= 4 is 18.0 Å². The highest BCUT2D eigenvalue weighted by atomic mass is 16.6. The molecule has 0 aliphatic rings. The molecule has 2 N–H and O–H groups in total. The van der Waals surface area contributed by atoms with Gasteiger partial charge in [0.05, 0.1) is 0 Å². The Kier molecular flexibility index (Phi) is 10.0. The second-order valence-corrected chi connectivity index (χ2v) is 9.72. The van der Waals surface area contributed by atoms with Crippen LogP contribution in [0, 0.1) is 0 Å². The molecule has 8 nitrogen and oxygen atoms in total. The molecule has 0 heterocycles. The van der Waals surface area contributed by atoms with E-state index in [0.717, 1.165) is 12.0 Å². The monoisotopic (exact) mass is 450 g/mol. The van der Waals surface area contributed by atoms with Crippen LogP contribution in [0.15, 0.2) is 24.3 Å². The summed E-state index contributed by atoms with van der Waals surface area (Å²) in [5.74, 6) is -0.938. The van der Waals surface area contributed by atoms with Gasteiger partial charge in [-0.15, -0.1) is 0 Å². The quantitative estimate of drug-likeness (QED) is 0.555. The Bertz CT molecular complexity index is 762. The molecule has 180 valence electrons. The topological polar surface area (TPSA) is 105 Å². The minimum absolute atomic E-state index is 0.106. The van der Waals surface area contributed by atoms with Gasteiger partial charge in [0.25, 0.3) is 0 Å². The summed E-state index contributed by atoms with van der Waals surface area (Å²) in [4.78, 5) is 39.6. The molecule has 1 aromatic carbocycles. The summed E-state index contributed by atoms with van der Waals surface area (Å²) in [6, 6.07) is 5.53. The van der Waals surface area contributed by atoms with Gasteiger partial charge in [0, 0.05) is 13.0 Å². The van der Waals surface area contributed by atoms with Crippen LogP contribution < -0.4 is 5.32 Å². The van der Waals surface area contributed by atoms with E-state index in [4.69, 9.17) is 9.47 Å². The molecule has 0 aliphatic carbocycles. The van der Waals surface area contributed by atoms with E-state index >= 15 is 0 Å². The summed E-state index contributed by atoms with van der Waals surface area (Å²) >= 11 is 0. The number of hydrogen-bond donors (Lipinski definition) is 2. The fraction of sp³-hybridized carbons (Fsp3) is 0.625. The Morgan fingerprint density at radius 2 is 1.56 bits per heavy atom. The Morgan fingerprint density at radius 1 is 1.00 bits per heavy atom. The second kappa shape index (κ2) is 11.7. The van der Waals surface area contributed by atoms with Gasteiger partial charge in [-0.1, -0.05) is 25.5 Å². The van der Waals surface area contributed by atoms with Crippen LogP contribution in [-0.4, -0.2) is 58.3 Å². The first-order valence-corrected chi connectivity index (χ1v) is 11.0. The van der Waals surface area contributed by atoms with Crippen LogP contribution in [0.2, 0.25) is 0 Å². The van der Waals surface area contributed by atoms with Crippen molar-refractivity contribution in [2.24, 2.45) is 0 Å². The zero-order valence-electron chi connectivity index (χ0n) is 20.4. The lowest BCUT2D eigenvalue weighted by atomic mass is 10.0. The predicted molar refractivity (Wildman–Crippen MR) is 122 cm³/mol. The molecule has 1 aromatic rings. The lowest BCUT2D eigenvalue weighted by Crippen LogP contribution is -2.53. The molecule has 1 rings (SSSR count). The van der Waals surface area contributed by atoms with Crippen molar-refractivity contribution in [2.45, 2.75) is 85.0 Å². The van der Waals surface area contributed by atoms with Crippen LogP contribution in [0.1, 0.15) is 66.9 Å². The summed E-state index contributed by atoms with van der Waals surface area (Å²) in [6.07, 6.45) is 1.11. The molecule has 1 atom stereocenters. The van der Waals surface area contributed by atoms with Crippen molar-refractivity contribution in [1.29, 1.82) is 0 Å². The average molecular weight is 451 g/mol. The number of carbonyl (C=O) groups excluding carboxylic acids is 3. The maximum atomic E-state index is 13.1. The molecule has 0 saturated heterocycles. The van der Waals surface area contributed by atoms with E-state index in [2.05, 4.69) is 5.32 Å².